The number of amides is 3. The number of benzene rings is 3. The van der Waals surface area contributed by atoms with Crippen LogP contribution in [0.3, 0.4) is 0 Å². The summed E-state index contributed by atoms with van der Waals surface area (Å²) >= 11 is 0. The number of nitrogens with one attached hydrogen (secondary N) is 4. The van der Waals surface area contributed by atoms with Crippen LogP contribution in [0.15, 0.2) is 78.9 Å². The van der Waals surface area contributed by atoms with Crippen molar-refractivity contribution in [2.45, 2.75) is 39.2 Å². The third-order valence-corrected chi connectivity index (χ3v) is 4.98. The summed E-state index contributed by atoms with van der Waals surface area (Å²) in [6, 6.07) is 23.9. The second-order valence-electron chi connectivity index (χ2n) is 9.30. The Morgan fingerprint density at radius 2 is 1.34 bits per heavy atom. The number of rotatable bonds is 9. The van der Waals surface area contributed by atoms with Gasteiger partial charge in [-0.2, -0.15) is 0 Å². The Hall–Kier alpha value is -4.13. The first-order valence-electron chi connectivity index (χ1n) is 11.6. The lowest BCUT2D eigenvalue weighted by atomic mass is 10.1. The highest BCUT2D eigenvalue weighted by molar-refractivity contribution is 5.97. The molecule has 4 N–H and O–H groups in total. The number of carbonyl (C=O) groups excluding carboxylic acids is 3. The van der Waals surface area contributed by atoms with E-state index in [0.29, 0.717) is 35.5 Å². The molecule has 0 aromatic heterocycles. The molecule has 3 aromatic rings. The van der Waals surface area contributed by atoms with Crippen LogP contribution in [0.4, 0.5) is 17.1 Å². The second-order valence-corrected chi connectivity index (χ2v) is 9.30. The van der Waals surface area contributed by atoms with Gasteiger partial charge in [-0.25, -0.2) is 0 Å². The van der Waals surface area contributed by atoms with Gasteiger partial charge in [0.15, 0.2) is 0 Å². The molecule has 3 aromatic carbocycles. The molecule has 0 unspecified atom stereocenters. The Kier molecular flexibility index (Phi) is 8.62. The average molecular weight is 473 g/mol. The average Bonchev–Trinajstić information content (AvgIpc) is 2.81. The van der Waals surface area contributed by atoms with Crippen molar-refractivity contribution in [2.24, 2.45) is 0 Å². The van der Waals surface area contributed by atoms with Gasteiger partial charge < -0.3 is 21.3 Å². The molecule has 182 valence electrons. The minimum absolute atomic E-state index is 0.0258. The first kappa shape index (κ1) is 25.5. The lowest BCUT2D eigenvalue weighted by molar-refractivity contribution is -0.116. The van der Waals surface area contributed by atoms with Crippen molar-refractivity contribution >= 4 is 34.8 Å². The molecule has 0 heterocycles. The number of anilines is 3. The smallest absolute Gasteiger partial charge is 0.251 e. The molecule has 0 aliphatic rings. The van der Waals surface area contributed by atoms with Gasteiger partial charge in [0.25, 0.3) is 5.91 Å². The van der Waals surface area contributed by atoms with Crippen molar-refractivity contribution in [1.82, 2.24) is 5.32 Å². The van der Waals surface area contributed by atoms with E-state index < -0.39 is 0 Å². The molecule has 0 spiro atoms. The fraction of sp³-hybridized carbons (Fsp3) is 0.250. The van der Waals surface area contributed by atoms with E-state index in [9.17, 15) is 14.4 Å². The van der Waals surface area contributed by atoms with E-state index in [1.165, 1.54) is 0 Å². The Morgan fingerprint density at radius 3 is 2.03 bits per heavy atom. The van der Waals surface area contributed by atoms with Crippen LogP contribution in [-0.2, 0) is 16.0 Å². The minimum Gasteiger partial charge on any atom is -0.376 e. The Morgan fingerprint density at radius 1 is 0.714 bits per heavy atom. The molecule has 3 rings (SSSR count). The standard InChI is InChI=1S/C28H32N4O3/c1-28(2,3)32-27(35)21-11-7-12-22(17-21)29-19-26(34)31-24-14-8-13-23(18-24)30-25(33)16-15-20-9-5-4-6-10-20/h4-14,17-18,29H,15-16,19H2,1-3H3,(H,30,33)(H,31,34)(H,32,35). The molecule has 0 bridgehead atoms. The fourth-order valence-corrected chi connectivity index (χ4v) is 3.37. The molecule has 0 saturated carbocycles. The molecule has 7 heteroatoms. The first-order valence-corrected chi connectivity index (χ1v) is 11.6. The van der Waals surface area contributed by atoms with Gasteiger partial charge >= 0.3 is 0 Å². The topological polar surface area (TPSA) is 99.3 Å². The van der Waals surface area contributed by atoms with Gasteiger partial charge in [0.1, 0.15) is 0 Å². The van der Waals surface area contributed by atoms with Crippen LogP contribution in [0, 0.1) is 0 Å². The van der Waals surface area contributed by atoms with Crippen LogP contribution in [0.5, 0.6) is 0 Å². The van der Waals surface area contributed by atoms with Crippen molar-refractivity contribution in [3.05, 3.63) is 90.0 Å². The second kappa shape index (κ2) is 11.8. The van der Waals surface area contributed by atoms with Crippen LogP contribution in [0.25, 0.3) is 0 Å². The molecular weight excluding hydrogens is 440 g/mol. The number of hydrogen-bond donors (Lipinski definition) is 4. The molecule has 0 aliphatic heterocycles. The van der Waals surface area contributed by atoms with Crippen LogP contribution >= 0.6 is 0 Å². The zero-order valence-electron chi connectivity index (χ0n) is 20.4. The predicted molar refractivity (Wildman–Crippen MR) is 141 cm³/mol. The maximum Gasteiger partial charge on any atom is 0.251 e. The molecule has 0 fully saturated rings. The van der Waals surface area contributed by atoms with E-state index in [1.54, 1.807) is 48.5 Å². The molecule has 7 nitrogen and oxygen atoms in total. The molecule has 0 aliphatic carbocycles. The molecule has 3 amide bonds. The van der Waals surface area contributed by atoms with E-state index in [0.717, 1.165) is 5.56 Å². The molecule has 0 radical (unpaired) electrons. The van der Waals surface area contributed by atoms with Gasteiger partial charge in [-0.3, -0.25) is 14.4 Å². The van der Waals surface area contributed by atoms with Crippen molar-refractivity contribution in [3.8, 4) is 0 Å². The summed E-state index contributed by atoms with van der Waals surface area (Å²) in [6.45, 7) is 5.78. The van der Waals surface area contributed by atoms with Crippen molar-refractivity contribution in [1.29, 1.82) is 0 Å². The lowest BCUT2D eigenvalue weighted by Crippen LogP contribution is -2.40. The summed E-state index contributed by atoms with van der Waals surface area (Å²) in [6.07, 6.45) is 1.03. The highest BCUT2D eigenvalue weighted by Crippen LogP contribution is 2.16. The van der Waals surface area contributed by atoms with Gasteiger partial charge in [0.05, 0.1) is 6.54 Å². The fourth-order valence-electron chi connectivity index (χ4n) is 3.37. The van der Waals surface area contributed by atoms with E-state index in [2.05, 4.69) is 21.3 Å². The van der Waals surface area contributed by atoms with Crippen LogP contribution in [0.2, 0.25) is 0 Å². The third-order valence-electron chi connectivity index (χ3n) is 4.98. The Labute approximate surface area is 206 Å². The van der Waals surface area contributed by atoms with Crippen molar-refractivity contribution in [2.75, 3.05) is 22.5 Å². The van der Waals surface area contributed by atoms with Gasteiger partial charge in [-0.05, 0) is 69.2 Å². The monoisotopic (exact) mass is 472 g/mol. The maximum atomic E-state index is 12.4. The van der Waals surface area contributed by atoms with Crippen molar-refractivity contribution < 1.29 is 14.4 Å². The predicted octanol–water partition coefficient (Wildman–Crippen LogP) is 4.84. The van der Waals surface area contributed by atoms with E-state index >= 15 is 0 Å². The summed E-state index contributed by atoms with van der Waals surface area (Å²) in [5.41, 5.74) is 3.15. The van der Waals surface area contributed by atoms with Gasteiger partial charge in [0.2, 0.25) is 11.8 Å². The minimum atomic E-state index is -0.337. The van der Waals surface area contributed by atoms with E-state index in [4.69, 9.17) is 0 Å². The lowest BCUT2D eigenvalue weighted by Gasteiger charge is -2.20. The summed E-state index contributed by atoms with van der Waals surface area (Å²) in [5.74, 6) is -0.510. The summed E-state index contributed by atoms with van der Waals surface area (Å²) in [4.78, 5) is 37.1. The van der Waals surface area contributed by atoms with Gasteiger partial charge in [0, 0.05) is 34.6 Å². The Balaban J connectivity index is 1.49. The Bertz CT molecular complexity index is 1170. The normalized spacial score (nSPS) is 10.8. The SMILES string of the molecule is CC(C)(C)NC(=O)c1cccc(NCC(=O)Nc2cccc(NC(=O)CCc3ccccc3)c2)c1. The van der Waals surface area contributed by atoms with Gasteiger partial charge in [-0.15, -0.1) is 0 Å². The van der Waals surface area contributed by atoms with E-state index in [-0.39, 0.29) is 29.8 Å². The van der Waals surface area contributed by atoms with Crippen LogP contribution in [0.1, 0.15) is 43.1 Å². The quantitative estimate of drug-likeness (QED) is 0.358. The number of hydrogen-bond acceptors (Lipinski definition) is 4. The molecule has 35 heavy (non-hydrogen) atoms. The molecular formula is C28H32N4O3. The maximum absolute atomic E-state index is 12.4. The zero-order chi connectivity index (χ0) is 25.3. The van der Waals surface area contributed by atoms with E-state index in [1.807, 2.05) is 51.1 Å². The van der Waals surface area contributed by atoms with Gasteiger partial charge in [-0.1, -0.05) is 42.5 Å². The number of carbonyl (C=O) groups is 3. The zero-order valence-corrected chi connectivity index (χ0v) is 20.4. The van der Waals surface area contributed by atoms with Crippen molar-refractivity contribution in [3.63, 3.8) is 0 Å². The van der Waals surface area contributed by atoms with Crippen LogP contribution in [-0.4, -0.2) is 29.8 Å². The summed E-state index contributed by atoms with van der Waals surface area (Å²) < 4.78 is 0. The third kappa shape index (κ3) is 8.97. The summed E-state index contributed by atoms with van der Waals surface area (Å²) in [5, 5.41) is 11.7. The first-order chi connectivity index (χ1) is 16.7. The molecule has 0 atom stereocenters. The largest absolute Gasteiger partial charge is 0.376 e. The number of aryl methyl sites for hydroxylation is 1. The summed E-state index contributed by atoms with van der Waals surface area (Å²) in [7, 11) is 0. The van der Waals surface area contributed by atoms with Crippen LogP contribution < -0.4 is 21.3 Å². The highest BCUT2D eigenvalue weighted by atomic mass is 16.2. The highest BCUT2D eigenvalue weighted by Gasteiger charge is 2.15. The molecule has 0 saturated heterocycles.